The van der Waals surface area contributed by atoms with Gasteiger partial charge in [-0.05, 0) is 28.8 Å². The third-order valence-corrected chi connectivity index (χ3v) is 3.72. The quantitative estimate of drug-likeness (QED) is 0.781. The van der Waals surface area contributed by atoms with Crippen molar-refractivity contribution in [2.75, 3.05) is 7.11 Å². The van der Waals surface area contributed by atoms with Crippen LogP contribution in [0.4, 0.5) is 0 Å². The number of aryl methyl sites for hydroxylation is 1. The van der Waals surface area contributed by atoms with Crippen molar-refractivity contribution in [2.45, 2.75) is 32.7 Å². The summed E-state index contributed by atoms with van der Waals surface area (Å²) in [5, 5.41) is 0. The number of fused-ring (bicyclic) bond motifs is 1. The van der Waals surface area contributed by atoms with Crippen LogP contribution in [0.1, 0.15) is 24.9 Å². The van der Waals surface area contributed by atoms with Crippen LogP contribution >= 0.6 is 15.9 Å². The zero-order valence-corrected chi connectivity index (χ0v) is 11.1. The van der Waals surface area contributed by atoms with Crippen molar-refractivity contribution in [3.8, 4) is 0 Å². The number of hydrogen-bond donors (Lipinski definition) is 0. The van der Waals surface area contributed by atoms with Crippen molar-refractivity contribution >= 4 is 21.9 Å². The number of methoxy groups -OCH3 is 1. The van der Waals surface area contributed by atoms with Crippen LogP contribution in [0.3, 0.4) is 0 Å². The average molecular weight is 287 g/mol. The van der Waals surface area contributed by atoms with Gasteiger partial charge in [-0.25, -0.2) is 4.98 Å². The smallest absolute Gasteiger partial charge is 0.310 e. The molecule has 1 aromatic rings. The Bertz CT molecular complexity index is 414. The Balaban J connectivity index is 2.28. The first kappa shape index (κ1) is 11.6. The van der Waals surface area contributed by atoms with Crippen molar-refractivity contribution < 1.29 is 9.53 Å². The minimum atomic E-state index is -0.113. The summed E-state index contributed by atoms with van der Waals surface area (Å²) in [5.74, 6) is 0.900. The molecule has 0 saturated carbocycles. The number of halogens is 1. The topological polar surface area (TPSA) is 44.1 Å². The van der Waals surface area contributed by atoms with Crippen LogP contribution in [0, 0.1) is 5.92 Å². The summed E-state index contributed by atoms with van der Waals surface area (Å²) >= 11 is 3.47. The summed E-state index contributed by atoms with van der Waals surface area (Å²) in [5.41, 5.74) is 1.21. The monoisotopic (exact) mass is 286 g/mol. The van der Waals surface area contributed by atoms with Gasteiger partial charge < -0.3 is 9.30 Å². The lowest BCUT2D eigenvalue weighted by atomic mass is 9.98. The predicted octanol–water partition coefficient (Wildman–Crippen LogP) is 1.94. The predicted molar refractivity (Wildman–Crippen MR) is 63.1 cm³/mol. The summed E-state index contributed by atoms with van der Waals surface area (Å²) < 4.78 is 7.87. The highest BCUT2D eigenvalue weighted by molar-refractivity contribution is 9.10. The zero-order chi connectivity index (χ0) is 11.7. The average Bonchev–Trinajstić information content (AvgIpc) is 2.64. The lowest BCUT2D eigenvalue weighted by Gasteiger charge is -2.23. The molecule has 1 atom stereocenters. The Hall–Kier alpha value is -0.840. The molecule has 2 rings (SSSR count). The molecule has 1 unspecified atom stereocenters. The third kappa shape index (κ3) is 1.88. The highest BCUT2D eigenvalue weighted by Crippen LogP contribution is 2.28. The molecule has 0 N–H and O–H groups in total. The second-order valence-electron chi connectivity index (χ2n) is 3.99. The fourth-order valence-electron chi connectivity index (χ4n) is 2.21. The third-order valence-electron chi connectivity index (χ3n) is 3.09. The summed E-state index contributed by atoms with van der Waals surface area (Å²) in [7, 11) is 1.45. The van der Waals surface area contributed by atoms with Crippen LogP contribution in [0.15, 0.2) is 4.60 Å². The van der Waals surface area contributed by atoms with Gasteiger partial charge in [0.15, 0.2) is 0 Å². The van der Waals surface area contributed by atoms with Crippen LogP contribution in [-0.2, 0) is 28.9 Å². The van der Waals surface area contributed by atoms with E-state index in [9.17, 15) is 4.79 Å². The second-order valence-corrected chi connectivity index (χ2v) is 4.74. The van der Waals surface area contributed by atoms with Crippen LogP contribution in [0.5, 0.6) is 0 Å². The standard InChI is InChI=1S/C11H15BrN2O2/c1-3-9-13-10(12)8-5-4-7(6-14(8)9)11(15)16-2/h7H,3-6H2,1-2H3. The van der Waals surface area contributed by atoms with E-state index < -0.39 is 0 Å². The van der Waals surface area contributed by atoms with Crippen molar-refractivity contribution in [3.63, 3.8) is 0 Å². The number of rotatable bonds is 2. The number of ether oxygens (including phenoxy) is 1. The van der Waals surface area contributed by atoms with E-state index in [1.54, 1.807) is 0 Å². The van der Waals surface area contributed by atoms with E-state index in [-0.39, 0.29) is 11.9 Å². The summed E-state index contributed by atoms with van der Waals surface area (Å²) in [6.45, 7) is 2.77. The van der Waals surface area contributed by atoms with Gasteiger partial charge in [0.1, 0.15) is 10.4 Å². The fourth-order valence-corrected chi connectivity index (χ4v) is 2.83. The highest BCUT2D eigenvalue weighted by Gasteiger charge is 2.28. The van der Waals surface area contributed by atoms with E-state index in [1.807, 2.05) is 0 Å². The first-order chi connectivity index (χ1) is 7.67. The minimum Gasteiger partial charge on any atom is -0.469 e. The molecule has 1 aliphatic heterocycles. The van der Waals surface area contributed by atoms with Gasteiger partial charge in [0.2, 0.25) is 0 Å². The molecule has 1 aliphatic rings. The van der Waals surface area contributed by atoms with Crippen LogP contribution in [0.25, 0.3) is 0 Å². The van der Waals surface area contributed by atoms with Crippen molar-refractivity contribution in [1.82, 2.24) is 9.55 Å². The fraction of sp³-hybridized carbons (Fsp3) is 0.636. The van der Waals surface area contributed by atoms with E-state index in [2.05, 4.69) is 32.4 Å². The molecule has 0 radical (unpaired) electrons. The van der Waals surface area contributed by atoms with Gasteiger partial charge >= 0.3 is 5.97 Å². The normalized spacial score (nSPS) is 19.3. The summed E-state index contributed by atoms with van der Waals surface area (Å²) in [4.78, 5) is 16.0. The van der Waals surface area contributed by atoms with Crippen molar-refractivity contribution in [1.29, 1.82) is 0 Å². The first-order valence-corrected chi connectivity index (χ1v) is 6.28. The second kappa shape index (κ2) is 4.57. The Labute approximate surface area is 103 Å². The zero-order valence-electron chi connectivity index (χ0n) is 9.49. The van der Waals surface area contributed by atoms with Crippen LogP contribution in [0.2, 0.25) is 0 Å². The van der Waals surface area contributed by atoms with E-state index in [0.717, 1.165) is 29.7 Å². The van der Waals surface area contributed by atoms with Gasteiger partial charge in [-0.15, -0.1) is 0 Å². The SMILES string of the molecule is CCc1nc(Br)c2n1CC(C(=O)OC)CC2. The maximum Gasteiger partial charge on any atom is 0.310 e. The number of hydrogen-bond acceptors (Lipinski definition) is 3. The molecule has 0 amide bonds. The molecule has 2 heterocycles. The van der Waals surface area contributed by atoms with E-state index >= 15 is 0 Å². The molecule has 0 aromatic carbocycles. The molecular weight excluding hydrogens is 272 g/mol. The number of aromatic nitrogens is 2. The minimum absolute atomic E-state index is 0.0242. The Morgan fingerprint density at radius 3 is 3.06 bits per heavy atom. The van der Waals surface area contributed by atoms with Gasteiger partial charge in [0.05, 0.1) is 18.7 Å². The Kier molecular flexibility index (Phi) is 3.33. The molecule has 0 saturated heterocycles. The van der Waals surface area contributed by atoms with Gasteiger partial charge in [0, 0.05) is 13.0 Å². The van der Waals surface area contributed by atoms with Gasteiger partial charge in [-0.3, -0.25) is 4.79 Å². The van der Waals surface area contributed by atoms with Gasteiger partial charge in [0.25, 0.3) is 0 Å². The molecule has 1 aromatic heterocycles. The number of esters is 1. The molecule has 88 valence electrons. The number of nitrogens with zero attached hydrogens (tertiary/aromatic N) is 2. The van der Waals surface area contributed by atoms with Crippen molar-refractivity contribution in [3.05, 3.63) is 16.1 Å². The lowest BCUT2D eigenvalue weighted by Crippen LogP contribution is -2.28. The largest absolute Gasteiger partial charge is 0.469 e. The summed E-state index contributed by atoms with van der Waals surface area (Å²) in [6, 6.07) is 0. The molecule has 16 heavy (non-hydrogen) atoms. The Morgan fingerprint density at radius 1 is 1.69 bits per heavy atom. The van der Waals surface area contributed by atoms with E-state index in [1.165, 1.54) is 12.8 Å². The first-order valence-electron chi connectivity index (χ1n) is 5.49. The van der Waals surface area contributed by atoms with Crippen molar-refractivity contribution in [2.24, 2.45) is 5.92 Å². The molecule has 4 nitrogen and oxygen atoms in total. The van der Waals surface area contributed by atoms with Crippen LogP contribution < -0.4 is 0 Å². The Morgan fingerprint density at radius 2 is 2.44 bits per heavy atom. The number of carbonyl (C=O) groups excluding carboxylic acids is 1. The molecular formula is C11H15BrN2O2. The molecule has 0 fully saturated rings. The van der Waals surface area contributed by atoms with Gasteiger partial charge in [-0.2, -0.15) is 0 Å². The molecule has 5 heteroatoms. The summed E-state index contributed by atoms with van der Waals surface area (Å²) in [6.07, 6.45) is 2.61. The van der Waals surface area contributed by atoms with E-state index in [4.69, 9.17) is 4.74 Å². The lowest BCUT2D eigenvalue weighted by molar-refractivity contribution is -0.146. The molecule has 0 bridgehead atoms. The molecule has 0 spiro atoms. The highest BCUT2D eigenvalue weighted by atomic mass is 79.9. The molecule has 0 aliphatic carbocycles. The van der Waals surface area contributed by atoms with Gasteiger partial charge in [-0.1, -0.05) is 6.92 Å². The maximum absolute atomic E-state index is 11.5. The number of imidazole rings is 1. The maximum atomic E-state index is 11.5. The number of carbonyl (C=O) groups is 1. The van der Waals surface area contributed by atoms with E-state index in [0.29, 0.717) is 6.54 Å². The van der Waals surface area contributed by atoms with Crippen LogP contribution in [-0.4, -0.2) is 22.6 Å².